The summed E-state index contributed by atoms with van der Waals surface area (Å²) in [5.74, 6) is 0. The van der Waals surface area contributed by atoms with E-state index < -0.39 is 0 Å². The molecule has 2 nitrogen and oxygen atoms in total. The third-order valence-corrected chi connectivity index (χ3v) is 5.99. The summed E-state index contributed by atoms with van der Waals surface area (Å²) < 4.78 is 0. The van der Waals surface area contributed by atoms with Gasteiger partial charge in [-0.15, -0.1) is 11.3 Å². The Hall–Kier alpha value is -0.380. The van der Waals surface area contributed by atoms with Crippen molar-refractivity contribution in [2.75, 3.05) is 19.6 Å². The highest BCUT2D eigenvalue weighted by Crippen LogP contribution is 2.34. The smallest absolute Gasteiger partial charge is 0.0334 e. The zero-order valence-electron chi connectivity index (χ0n) is 12.6. The fraction of sp³-hybridized carbons (Fsp3) is 0.750. The van der Waals surface area contributed by atoms with Crippen LogP contribution in [0.2, 0.25) is 0 Å². The number of thiophene rings is 1. The van der Waals surface area contributed by atoms with Crippen molar-refractivity contribution in [2.24, 2.45) is 0 Å². The summed E-state index contributed by atoms with van der Waals surface area (Å²) in [6, 6.07) is 4.48. The number of fused-ring (bicyclic) bond motifs is 1. The van der Waals surface area contributed by atoms with Crippen LogP contribution in [-0.4, -0.2) is 41.5 Å². The van der Waals surface area contributed by atoms with E-state index in [9.17, 15) is 0 Å². The van der Waals surface area contributed by atoms with Gasteiger partial charge in [0, 0.05) is 41.0 Å². The van der Waals surface area contributed by atoms with Gasteiger partial charge in [-0.3, -0.25) is 9.80 Å². The highest BCUT2D eigenvalue weighted by Gasteiger charge is 2.36. The Morgan fingerprint density at radius 3 is 2.79 bits per heavy atom. The molecular weight excluding hydrogens is 252 g/mol. The molecule has 3 atom stereocenters. The lowest BCUT2D eigenvalue weighted by molar-refractivity contribution is 0.0325. The molecule has 3 rings (SSSR count). The molecule has 1 aromatic heterocycles. The topological polar surface area (TPSA) is 6.48 Å². The van der Waals surface area contributed by atoms with E-state index in [4.69, 9.17) is 0 Å². The Bertz CT molecular complexity index is 454. The second-order valence-electron chi connectivity index (χ2n) is 6.38. The van der Waals surface area contributed by atoms with Gasteiger partial charge in [-0.05, 0) is 58.7 Å². The predicted molar refractivity (Wildman–Crippen MR) is 83.0 cm³/mol. The molecule has 1 aromatic rings. The van der Waals surface area contributed by atoms with Crippen LogP contribution in [0.25, 0.3) is 0 Å². The van der Waals surface area contributed by atoms with Gasteiger partial charge in [0.05, 0.1) is 0 Å². The third kappa shape index (κ3) is 2.48. The van der Waals surface area contributed by atoms with Crippen LogP contribution in [0.1, 0.15) is 48.0 Å². The van der Waals surface area contributed by atoms with E-state index in [-0.39, 0.29) is 0 Å². The largest absolute Gasteiger partial charge is 0.298 e. The van der Waals surface area contributed by atoms with Crippen LogP contribution in [0.3, 0.4) is 0 Å². The molecule has 0 amide bonds. The van der Waals surface area contributed by atoms with Crippen molar-refractivity contribution in [2.45, 2.75) is 58.7 Å². The van der Waals surface area contributed by atoms with Crippen LogP contribution in [0.15, 0.2) is 6.07 Å². The van der Waals surface area contributed by atoms with E-state index in [2.05, 4.69) is 43.6 Å². The Labute approximate surface area is 121 Å². The first kappa shape index (κ1) is 13.6. The van der Waals surface area contributed by atoms with E-state index in [1.807, 2.05) is 11.3 Å². The SMILES string of the molecule is Cc1cc(C(C)N2CC3CCCN3CC2C)c(C)s1. The first-order valence-corrected chi connectivity index (χ1v) is 8.44. The number of hydrogen-bond acceptors (Lipinski definition) is 3. The van der Waals surface area contributed by atoms with Gasteiger partial charge >= 0.3 is 0 Å². The van der Waals surface area contributed by atoms with E-state index in [0.717, 1.165) is 6.04 Å². The minimum atomic E-state index is 0.572. The fourth-order valence-electron chi connectivity index (χ4n) is 3.99. The van der Waals surface area contributed by atoms with Crippen LogP contribution in [0.4, 0.5) is 0 Å². The number of rotatable bonds is 2. The van der Waals surface area contributed by atoms with Crippen molar-refractivity contribution >= 4 is 11.3 Å². The molecule has 0 N–H and O–H groups in total. The summed E-state index contributed by atoms with van der Waals surface area (Å²) in [6.07, 6.45) is 2.80. The maximum atomic E-state index is 2.74. The van der Waals surface area contributed by atoms with Crippen LogP contribution < -0.4 is 0 Å². The Balaban J connectivity index is 1.79. The highest BCUT2D eigenvalue weighted by atomic mass is 32.1. The van der Waals surface area contributed by atoms with Crippen molar-refractivity contribution in [3.05, 3.63) is 21.4 Å². The zero-order chi connectivity index (χ0) is 13.6. The van der Waals surface area contributed by atoms with Gasteiger partial charge in [0.15, 0.2) is 0 Å². The molecule has 3 heteroatoms. The maximum absolute atomic E-state index is 2.74. The van der Waals surface area contributed by atoms with Crippen LogP contribution >= 0.6 is 11.3 Å². The molecule has 2 saturated heterocycles. The number of hydrogen-bond donors (Lipinski definition) is 0. The van der Waals surface area contributed by atoms with Gasteiger partial charge in [0.25, 0.3) is 0 Å². The lowest BCUT2D eigenvalue weighted by atomic mass is 10.0. The molecule has 0 aliphatic carbocycles. The molecular formula is C16H26N2S. The van der Waals surface area contributed by atoms with Crippen LogP contribution in [-0.2, 0) is 0 Å². The molecule has 106 valence electrons. The zero-order valence-corrected chi connectivity index (χ0v) is 13.5. The third-order valence-electron chi connectivity index (χ3n) is 5.01. The number of aryl methyl sites for hydroxylation is 2. The quantitative estimate of drug-likeness (QED) is 0.815. The van der Waals surface area contributed by atoms with Gasteiger partial charge in [-0.1, -0.05) is 0 Å². The molecule has 0 saturated carbocycles. The lowest BCUT2D eigenvalue weighted by Crippen LogP contribution is -2.55. The molecule has 0 aromatic carbocycles. The summed E-state index contributed by atoms with van der Waals surface area (Å²) in [5.41, 5.74) is 1.56. The molecule has 3 unspecified atom stereocenters. The summed E-state index contributed by atoms with van der Waals surface area (Å²) in [5, 5.41) is 0. The van der Waals surface area contributed by atoms with Crippen molar-refractivity contribution in [1.29, 1.82) is 0 Å². The van der Waals surface area contributed by atoms with E-state index in [0.29, 0.717) is 12.1 Å². The van der Waals surface area contributed by atoms with Crippen LogP contribution in [0, 0.1) is 13.8 Å². The summed E-state index contributed by atoms with van der Waals surface area (Å²) in [6.45, 7) is 13.2. The van der Waals surface area contributed by atoms with Gasteiger partial charge < -0.3 is 0 Å². The molecule has 0 bridgehead atoms. The first-order valence-electron chi connectivity index (χ1n) is 7.63. The normalized spacial score (nSPS) is 30.5. The molecule has 19 heavy (non-hydrogen) atoms. The average Bonchev–Trinajstić information content (AvgIpc) is 2.93. The Morgan fingerprint density at radius 1 is 1.32 bits per heavy atom. The minimum Gasteiger partial charge on any atom is -0.298 e. The van der Waals surface area contributed by atoms with Gasteiger partial charge in [0.1, 0.15) is 0 Å². The standard InChI is InChI=1S/C16H26N2S/c1-11-9-17-7-5-6-15(17)10-18(11)13(3)16-8-12(2)19-14(16)4/h8,11,13,15H,5-7,9-10H2,1-4H3. The summed E-state index contributed by atoms with van der Waals surface area (Å²) in [7, 11) is 0. The van der Waals surface area contributed by atoms with E-state index in [1.165, 1.54) is 42.2 Å². The molecule has 2 aliphatic rings. The second-order valence-corrected chi connectivity index (χ2v) is 7.84. The molecule has 2 aliphatic heterocycles. The van der Waals surface area contributed by atoms with Crippen LogP contribution in [0.5, 0.6) is 0 Å². The highest BCUT2D eigenvalue weighted by molar-refractivity contribution is 7.12. The van der Waals surface area contributed by atoms with Crippen molar-refractivity contribution < 1.29 is 0 Å². The van der Waals surface area contributed by atoms with Gasteiger partial charge in [-0.25, -0.2) is 0 Å². The van der Waals surface area contributed by atoms with Crippen molar-refractivity contribution in [3.8, 4) is 0 Å². The summed E-state index contributed by atoms with van der Waals surface area (Å²) >= 11 is 1.95. The fourth-order valence-corrected chi connectivity index (χ4v) is 5.01. The molecule has 0 radical (unpaired) electrons. The van der Waals surface area contributed by atoms with Gasteiger partial charge in [-0.2, -0.15) is 0 Å². The number of piperazine rings is 1. The van der Waals surface area contributed by atoms with E-state index >= 15 is 0 Å². The lowest BCUT2D eigenvalue weighted by Gasteiger charge is -2.45. The molecule has 0 spiro atoms. The minimum absolute atomic E-state index is 0.572. The molecule has 3 heterocycles. The van der Waals surface area contributed by atoms with E-state index in [1.54, 1.807) is 5.56 Å². The number of nitrogens with zero attached hydrogens (tertiary/aromatic N) is 2. The van der Waals surface area contributed by atoms with Crippen molar-refractivity contribution in [3.63, 3.8) is 0 Å². The predicted octanol–water partition coefficient (Wildman–Crippen LogP) is 3.59. The van der Waals surface area contributed by atoms with Crippen molar-refractivity contribution in [1.82, 2.24) is 9.80 Å². The summed E-state index contributed by atoms with van der Waals surface area (Å²) in [4.78, 5) is 8.40. The van der Waals surface area contributed by atoms with Gasteiger partial charge in [0.2, 0.25) is 0 Å². The Kier molecular flexibility index (Phi) is 3.71. The second kappa shape index (κ2) is 5.19. The average molecular weight is 278 g/mol. The monoisotopic (exact) mass is 278 g/mol. The first-order chi connectivity index (χ1) is 9.06. The Morgan fingerprint density at radius 2 is 2.11 bits per heavy atom. The maximum Gasteiger partial charge on any atom is 0.0334 e. The molecule has 2 fully saturated rings.